The summed E-state index contributed by atoms with van der Waals surface area (Å²) < 4.78 is 65.2. The van der Waals surface area contributed by atoms with Crippen LogP contribution in [0.1, 0.15) is 65.8 Å². The van der Waals surface area contributed by atoms with Crippen molar-refractivity contribution in [2.75, 3.05) is 20.3 Å². The zero-order valence-corrected chi connectivity index (χ0v) is 29.2. The Morgan fingerprint density at radius 1 is 1.12 bits per heavy atom. The molecular weight excluding hydrogens is 682 g/mol. The lowest BCUT2D eigenvalue weighted by Gasteiger charge is -2.32. The monoisotopic (exact) mass is 724 g/mol. The number of nitrogens with one attached hydrogen (secondary N) is 3. The van der Waals surface area contributed by atoms with Gasteiger partial charge >= 0.3 is 6.09 Å². The molecule has 19 heteroatoms. The summed E-state index contributed by atoms with van der Waals surface area (Å²) in [5.74, 6) is -3.66. The fraction of sp³-hybridized carbons (Fsp3) is 0.645. The minimum Gasteiger partial charge on any atom is -0.497 e. The van der Waals surface area contributed by atoms with Crippen molar-refractivity contribution in [3.63, 3.8) is 0 Å². The fourth-order valence-corrected chi connectivity index (χ4v) is 7.44. The van der Waals surface area contributed by atoms with Gasteiger partial charge in [0.15, 0.2) is 0 Å². The van der Waals surface area contributed by atoms with Crippen molar-refractivity contribution >= 4 is 33.8 Å². The van der Waals surface area contributed by atoms with Crippen molar-refractivity contribution < 1.29 is 45.9 Å². The number of halogens is 2. The predicted octanol–water partition coefficient (Wildman–Crippen LogP) is 1.79. The molecule has 3 N–H and O–H groups in total. The van der Waals surface area contributed by atoms with Gasteiger partial charge in [0.1, 0.15) is 23.4 Å². The number of likely N-dealkylation sites (tertiary alicyclic amines) is 1. The number of methoxy groups -OCH3 is 1. The third-order valence-electron chi connectivity index (χ3n) is 8.92. The van der Waals surface area contributed by atoms with Crippen LogP contribution in [0.15, 0.2) is 24.3 Å². The summed E-state index contributed by atoms with van der Waals surface area (Å²) in [5.41, 5.74) is -2.08. The third-order valence-corrected chi connectivity index (χ3v) is 10.7. The highest BCUT2D eigenvalue weighted by atomic mass is 32.2. The van der Waals surface area contributed by atoms with E-state index < -0.39 is 86.9 Å². The summed E-state index contributed by atoms with van der Waals surface area (Å²) in [6, 6.07) is 3.63. The van der Waals surface area contributed by atoms with Gasteiger partial charge in [0, 0.05) is 18.5 Å². The molecule has 1 saturated heterocycles. The summed E-state index contributed by atoms with van der Waals surface area (Å²) in [5, 5.41) is 16.9. The molecule has 50 heavy (non-hydrogen) atoms. The molecule has 1 aromatic carbocycles. The second kappa shape index (κ2) is 14.1. The van der Waals surface area contributed by atoms with Gasteiger partial charge in [-0.05, 0) is 67.5 Å². The number of aromatic nitrogens is 4. The van der Waals surface area contributed by atoms with Crippen LogP contribution in [0.4, 0.5) is 13.6 Å². The van der Waals surface area contributed by atoms with Crippen molar-refractivity contribution in [3.05, 3.63) is 24.3 Å². The first-order valence-corrected chi connectivity index (χ1v) is 17.9. The fourth-order valence-electron chi connectivity index (χ4n) is 6.08. The van der Waals surface area contributed by atoms with Crippen LogP contribution in [0.5, 0.6) is 5.75 Å². The molecule has 2 saturated carbocycles. The highest BCUT2D eigenvalue weighted by Gasteiger charge is 2.66. The number of alkyl halides is 2. The van der Waals surface area contributed by atoms with Gasteiger partial charge in [-0.25, -0.2) is 22.0 Å². The molecule has 2 aliphatic carbocycles. The topological polar surface area (TPSA) is 204 Å². The Balaban J connectivity index is 1.44. The maximum atomic E-state index is 14.2. The molecule has 2 aromatic rings. The molecule has 0 radical (unpaired) electrons. The first-order chi connectivity index (χ1) is 23.5. The Hall–Kier alpha value is -4.42. The van der Waals surface area contributed by atoms with E-state index in [0.29, 0.717) is 24.2 Å². The van der Waals surface area contributed by atoms with Crippen molar-refractivity contribution in [2.24, 2.45) is 11.3 Å². The first kappa shape index (κ1) is 36.9. The first-order valence-electron chi connectivity index (χ1n) is 16.3. The Labute approximate surface area is 288 Å². The smallest absolute Gasteiger partial charge is 0.407 e. The number of alkyl carbamates (subject to hydrolysis) is 1. The number of nitrogens with zero attached hydrogens (tertiary/aromatic N) is 5. The number of sulfonamides is 1. The number of tetrazole rings is 1. The summed E-state index contributed by atoms with van der Waals surface area (Å²) in [6.45, 7) is 7.06. The second-order valence-electron chi connectivity index (χ2n) is 14.0. The molecule has 0 spiro atoms. The van der Waals surface area contributed by atoms with E-state index in [1.807, 2.05) is 25.5 Å². The number of amides is 4. The van der Waals surface area contributed by atoms with Gasteiger partial charge in [-0.15, -0.1) is 10.2 Å². The lowest BCUT2D eigenvalue weighted by molar-refractivity contribution is -0.141. The van der Waals surface area contributed by atoms with Gasteiger partial charge < -0.3 is 25.0 Å². The number of benzene rings is 1. The van der Waals surface area contributed by atoms with Crippen LogP contribution >= 0.6 is 0 Å². The molecule has 3 fully saturated rings. The zero-order valence-electron chi connectivity index (χ0n) is 28.4. The SMILES string of the molecule is CCOC(=O)N[C@@H](CC(C)(C)C)C(=O)N1C[C@H](n2nnc(-c3ccc(OC)cc3)n2)CC1C(=O)N[C@]1(C(=O)NS(=O)(=O)C2CC2)C[C@H]1C(F)F. The van der Waals surface area contributed by atoms with Gasteiger partial charge in [-0.2, -0.15) is 4.80 Å². The number of carbonyl (C=O) groups excluding carboxylic acids is 4. The van der Waals surface area contributed by atoms with Gasteiger partial charge in [-0.3, -0.25) is 19.1 Å². The van der Waals surface area contributed by atoms with Gasteiger partial charge in [0.2, 0.25) is 34.1 Å². The molecule has 2 heterocycles. The molecule has 1 aromatic heterocycles. The number of carbonyl (C=O) groups is 4. The molecule has 274 valence electrons. The summed E-state index contributed by atoms with van der Waals surface area (Å²) >= 11 is 0. The lowest BCUT2D eigenvalue weighted by Crippen LogP contribution is -2.59. The van der Waals surface area contributed by atoms with Crippen molar-refractivity contribution in [1.29, 1.82) is 0 Å². The Morgan fingerprint density at radius 3 is 2.36 bits per heavy atom. The van der Waals surface area contributed by atoms with Crippen molar-refractivity contribution in [3.8, 4) is 17.1 Å². The van der Waals surface area contributed by atoms with Crippen LogP contribution in [0.25, 0.3) is 11.4 Å². The molecule has 5 atom stereocenters. The second-order valence-corrected chi connectivity index (χ2v) is 16.0. The normalized spacial score (nSPS) is 24.0. The van der Waals surface area contributed by atoms with E-state index >= 15 is 0 Å². The van der Waals surface area contributed by atoms with E-state index in [4.69, 9.17) is 9.47 Å². The average Bonchev–Trinajstić information content (AvgIpc) is 3.93. The number of hydrogen-bond donors (Lipinski definition) is 3. The van der Waals surface area contributed by atoms with Crippen LogP contribution in [-0.4, -0.2) is 107 Å². The lowest BCUT2D eigenvalue weighted by atomic mass is 9.87. The van der Waals surface area contributed by atoms with Crippen LogP contribution in [0.2, 0.25) is 0 Å². The zero-order chi connectivity index (χ0) is 36.6. The van der Waals surface area contributed by atoms with Gasteiger partial charge in [0.05, 0.1) is 30.9 Å². The highest BCUT2D eigenvalue weighted by Crippen LogP contribution is 2.48. The van der Waals surface area contributed by atoms with E-state index in [-0.39, 0.29) is 31.8 Å². The molecule has 0 bridgehead atoms. The van der Waals surface area contributed by atoms with Crippen LogP contribution < -0.4 is 20.1 Å². The quantitative estimate of drug-likeness (QED) is 0.272. The maximum absolute atomic E-state index is 14.2. The largest absolute Gasteiger partial charge is 0.497 e. The van der Waals surface area contributed by atoms with E-state index in [0.717, 1.165) is 0 Å². The molecule has 3 aliphatic rings. The summed E-state index contributed by atoms with van der Waals surface area (Å²) in [7, 11) is -2.59. The van der Waals surface area contributed by atoms with E-state index in [9.17, 15) is 36.4 Å². The van der Waals surface area contributed by atoms with E-state index in [2.05, 4.69) is 26.0 Å². The van der Waals surface area contributed by atoms with Crippen LogP contribution in [-0.2, 0) is 29.1 Å². The Kier molecular flexibility index (Phi) is 10.4. The predicted molar refractivity (Wildman–Crippen MR) is 172 cm³/mol. The van der Waals surface area contributed by atoms with Gasteiger partial charge in [0.25, 0.3) is 5.91 Å². The van der Waals surface area contributed by atoms with Crippen LogP contribution in [0.3, 0.4) is 0 Å². The number of rotatable bonds is 13. The van der Waals surface area contributed by atoms with E-state index in [1.54, 1.807) is 31.2 Å². The Bertz CT molecular complexity index is 1710. The highest BCUT2D eigenvalue weighted by molar-refractivity contribution is 7.91. The minimum absolute atomic E-state index is 0.0412. The molecule has 1 unspecified atom stereocenters. The van der Waals surface area contributed by atoms with Crippen molar-refractivity contribution in [1.82, 2.24) is 40.5 Å². The Morgan fingerprint density at radius 2 is 1.80 bits per heavy atom. The van der Waals surface area contributed by atoms with E-state index in [1.165, 1.54) is 16.8 Å². The van der Waals surface area contributed by atoms with Gasteiger partial charge in [-0.1, -0.05) is 20.8 Å². The standard InChI is InChI=1S/C31H42F2N8O8S/c1-6-49-29(45)34-22(15-30(2,3)4)27(43)40-16-18(41-37-25(36-39-41)17-7-9-19(48-5)10-8-17)13-23(40)26(42)35-31(14-21(31)24(32)33)28(44)38-50(46,47)20-11-12-20/h7-10,18,20-24H,6,11-16H2,1-5H3,(H,34,45)(H,35,42)(H,38,44)/t18-,21+,22+,23?,31-/m1/s1. The molecular formula is C31H42F2N8O8S. The van der Waals surface area contributed by atoms with Crippen molar-refractivity contribution in [2.45, 2.75) is 95.1 Å². The molecule has 5 rings (SSSR count). The summed E-state index contributed by atoms with van der Waals surface area (Å²) in [6.07, 6.45) is -3.71. The third kappa shape index (κ3) is 8.13. The maximum Gasteiger partial charge on any atom is 0.407 e. The number of ether oxygens (including phenoxy) is 2. The number of hydrogen-bond acceptors (Lipinski definition) is 11. The minimum atomic E-state index is -4.12. The molecule has 16 nitrogen and oxygen atoms in total. The average molecular weight is 725 g/mol. The molecule has 1 aliphatic heterocycles. The molecule has 4 amide bonds. The summed E-state index contributed by atoms with van der Waals surface area (Å²) in [4.78, 5) is 56.4. The van der Waals surface area contributed by atoms with Crippen LogP contribution in [0, 0.1) is 11.3 Å².